The average molecular weight is 459 g/mol. The second kappa shape index (κ2) is 8.23. The van der Waals surface area contributed by atoms with E-state index >= 15 is 0 Å². The van der Waals surface area contributed by atoms with Gasteiger partial charge in [0.2, 0.25) is 10.0 Å². The number of benzene rings is 1. The normalized spacial score (nSPS) is 14.6. The van der Waals surface area contributed by atoms with Crippen molar-refractivity contribution in [1.82, 2.24) is 24.8 Å². The molecule has 4 rings (SSSR count). The summed E-state index contributed by atoms with van der Waals surface area (Å²) in [5, 5.41) is 13.4. The molecule has 2 aromatic heterocycles. The molecule has 0 radical (unpaired) electrons. The topological polar surface area (TPSA) is 157 Å². The molecule has 2 heterocycles. The molecule has 1 aromatic carbocycles. The summed E-state index contributed by atoms with van der Waals surface area (Å²) >= 11 is 0. The quantitative estimate of drug-likeness (QED) is 0.460. The van der Waals surface area contributed by atoms with Gasteiger partial charge in [-0.3, -0.25) is 0 Å². The highest BCUT2D eigenvalue weighted by atomic mass is 32.2. The zero-order chi connectivity index (χ0) is 23.1. The van der Waals surface area contributed by atoms with Crippen molar-refractivity contribution in [2.75, 3.05) is 18.9 Å². The van der Waals surface area contributed by atoms with Crippen LogP contribution < -0.4 is 10.5 Å². The first-order chi connectivity index (χ1) is 15.1. The molecule has 0 atom stereocenters. The molecule has 0 bridgehead atoms. The van der Waals surface area contributed by atoms with Crippen LogP contribution >= 0.6 is 0 Å². The van der Waals surface area contributed by atoms with E-state index in [1.165, 1.54) is 18.3 Å². The second-order valence-electron chi connectivity index (χ2n) is 8.84. The number of nitrogens with zero attached hydrogens (tertiary/aromatic N) is 4. The van der Waals surface area contributed by atoms with E-state index in [0.29, 0.717) is 23.0 Å². The number of aliphatic hydroxyl groups excluding tert-OH is 1. The molecule has 11 heteroatoms. The van der Waals surface area contributed by atoms with Crippen LogP contribution in [0.15, 0.2) is 33.8 Å². The van der Waals surface area contributed by atoms with E-state index in [0.717, 1.165) is 18.4 Å². The largest absolute Gasteiger partial charge is 0.396 e. The van der Waals surface area contributed by atoms with Gasteiger partial charge in [0.05, 0.1) is 16.8 Å². The van der Waals surface area contributed by atoms with Crippen LogP contribution in [-0.4, -0.2) is 46.8 Å². The maximum absolute atomic E-state index is 12.8. The van der Waals surface area contributed by atoms with Crippen molar-refractivity contribution in [3.63, 3.8) is 0 Å². The molecule has 0 spiro atoms. The summed E-state index contributed by atoms with van der Waals surface area (Å²) in [6.07, 6.45) is 3.55. The number of hydrogen-bond donors (Lipinski definition) is 3. The Morgan fingerprint density at radius 2 is 2.03 bits per heavy atom. The van der Waals surface area contributed by atoms with Gasteiger partial charge >= 0.3 is 0 Å². The second-order valence-corrected chi connectivity index (χ2v) is 10.6. The predicted octanol–water partition coefficient (Wildman–Crippen LogP) is 2.26. The molecular weight excluding hydrogens is 432 g/mol. The van der Waals surface area contributed by atoms with Crippen LogP contribution in [0.1, 0.15) is 44.0 Å². The van der Waals surface area contributed by atoms with E-state index in [4.69, 9.17) is 10.3 Å². The molecule has 170 valence electrons. The third-order valence-corrected chi connectivity index (χ3v) is 6.75. The summed E-state index contributed by atoms with van der Waals surface area (Å²) in [7, 11) is -3.80. The van der Waals surface area contributed by atoms with E-state index < -0.39 is 15.4 Å². The number of anilines is 1. The van der Waals surface area contributed by atoms with Gasteiger partial charge in [0.1, 0.15) is 0 Å². The van der Waals surface area contributed by atoms with Crippen LogP contribution in [0.2, 0.25) is 0 Å². The van der Waals surface area contributed by atoms with Crippen molar-refractivity contribution in [1.29, 1.82) is 0 Å². The number of aromatic nitrogens is 4. The number of aliphatic hydroxyl groups is 1. The number of nitrogen functional groups attached to an aromatic ring is 1. The van der Waals surface area contributed by atoms with Crippen LogP contribution in [0, 0.1) is 12.3 Å². The van der Waals surface area contributed by atoms with Gasteiger partial charge < -0.3 is 15.4 Å². The van der Waals surface area contributed by atoms with Gasteiger partial charge in [-0.2, -0.15) is 4.98 Å². The maximum atomic E-state index is 12.8. The minimum atomic E-state index is -3.80. The van der Waals surface area contributed by atoms with Gasteiger partial charge in [-0.25, -0.2) is 23.1 Å². The van der Waals surface area contributed by atoms with Crippen LogP contribution in [-0.2, 0) is 10.0 Å². The lowest BCUT2D eigenvalue weighted by atomic mass is 9.96. The summed E-state index contributed by atoms with van der Waals surface area (Å²) in [5.74, 6) is 1.28. The Morgan fingerprint density at radius 1 is 1.28 bits per heavy atom. The summed E-state index contributed by atoms with van der Waals surface area (Å²) in [4.78, 5) is 13.2. The van der Waals surface area contributed by atoms with E-state index in [9.17, 15) is 13.5 Å². The molecular formula is C21H26N6O4S. The molecule has 1 aliphatic rings. The molecule has 1 saturated carbocycles. The number of nitrogens with one attached hydrogen (secondary N) is 1. The van der Waals surface area contributed by atoms with Gasteiger partial charge in [-0.1, -0.05) is 25.1 Å². The molecule has 10 nitrogen and oxygen atoms in total. The SMILES string of the molecule is Cc1ccc(S(=O)(=O)NCC(C)(C)CO)cc1-c1cnc(N)c(-c2nc(C3CC3)no2)n1. The third kappa shape index (κ3) is 4.64. The Kier molecular flexibility index (Phi) is 5.74. The monoisotopic (exact) mass is 458 g/mol. The Hall–Kier alpha value is -2.89. The first kappa shape index (κ1) is 22.3. The van der Waals surface area contributed by atoms with Gasteiger partial charge in [0.15, 0.2) is 17.3 Å². The lowest BCUT2D eigenvalue weighted by molar-refractivity contribution is 0.163. The Balaban J connectivity index is 1.68. The van der Waals surface area contributed by atoms with Crippen LogP contribution in [0.3, 0.4) is 0 Å². The van der Waals surface area contributed by atoms with Crippen molar-refractivity contribution in [2.24, 2.45) is 5.41 Å². The fraction of sp³-hybridized carbons (Fsp3) is 0.429. The van der Waals surface area contributed by atoms with Gasteiger partial charge in [-0.15, -0.1) is 0 Å². The molecule has 32 heavy (non-hydrogen) atoms. The zero-order valence-corrected chi connectivity index (χ0v) is 19.0. The number of rotatable bonds is 8. The molecule has 1 fully saturated rings. The van der Waals surface area contributed by atoms with Crippen LogP contribution in [0.25, 0.3) is 22.8 Å². The molecule has 3 aromatic rings. The van der Waals surface area contributed by atoms with Gasteiger partial charge in [0, 0.05) is 30.0 Å². The fourth-order valence-electron chi connectivity index (χ4n) is 3.00. The lowest BCUT2D eigenvalue weighted by Gasteiger charge is -2.22. The standard InChI is InChI=1S/C21H26N6O4S/c1-12-4-7-14(32(29,30)24-10-21(2,3)11-28)8-15(12)16-9-23-18(22)17(25-16)20-26-19(27-31-20)13-5-6-13/h4,7-9,13,24,28H,5-6,10-11H2,1-3H3,(H2,22,23). The molecule has 0 aliphatic heterocycles. The first-order valence-electron chi connectivity index (χ1n) is 10.3. The van der Waals surface area contributed by atoms with E-state index in [-0.39, 0.29) is 35.4 Å². The van der Waals surface area contributed by atoms with E-state index in [1.54, 1.807) is 19.9 Å². The number of hydrogen-bond acceptors (Lipinski definition) is 9. The predicted molar refractivity (Wildman–Crippen MR) is 118 cm³/mol. The van der Waals surface area contributed by atoms with Crippen molar-refractivity contribution in [3.05, 3.63) is 35.8 Å². The highest BCUT2D eigenvalue weighted by Crippen LogP contribution is 2.39. The molecule has 1 aliphatic carbocycles. The summed E-state index contributed by atoms with van der Waals surface area (Å²) in [5.41, 5.74) is 7.52. The molecule has 0 unspecified atom stereocenters. The van der Waals surface area contributed by atoms with Crippen LogP contribution in [0.5, 0.6) is 0 Å². The molecule has 0 amide bonds. The number of nitrogens with two attached hydrogens (primary N) is 1. The van der Waals surface area contributed by atoms with Crippen molar-refractivity contribution in [3.8, 4) is 22.8 Å². The number of aryl methyl sites for hydroxylation is 1. The third-order valence-electron chi connectivity index (χ3n) is 5.35. The Morgan fingerprint density at radius 3 is 2.72 bits per heavy atom. The van der Waals surface area contributed by atoms with Crippen molar-refractivity contribution >= 4 is 15.8 Å². The average Bonchev–Trinajstić information content (AvgIpc) is 3.50. The zero-order valence-electron chi connectivity index (χ0n) is 18.2. The maximum Gasteiger partial charge on any atom is 0.280 e. The molecule has 0 saturated heterocycles. The van der Waals surface area contributed by atoms with Crippen molar-refractivity contribution in [2.45, 2.75) is 44.4 Å². The van der Waals surface area contributed by atoms with Crippen molar-refractivity contribution < 1.29 is 18.0 Å². The minimum absolute atomic E-state index is 0.0841. The van der Waals surface area contributed by atoms with E-state index in [1.807, 2.05) is 6.92 Å². The van der Waals surface area contributed by atoms with Gasteiger partial charge in [-0.05, 0) is 37.5 Å². The van der Waals surface area contributed by atoms with E-state index in [2.05, 4.69) is 24.8 Å². The smallest absolute Gasteiger partial charge is 0.280 e. The van der Waals surface area contributed by atoms with Gasteiger partial charge in [0.25, 0.3) is 5.89 Å². The Labute approximate surface area is 186 Å². The minimum Gasteiger partial charge on any atom is -0.396 e. The molecule has 4 N–H and O–H groups in total. The number of sulfonamides is 1. The summed E-state index contributed by atoms with van der Waals surface area (Å²) in [6, 6.07) is 4.77. The Bertz CT molecular complexity index is 1250. The summed E-state index contributed by atoms with van der Waals surface area (Å²) < 4.78 is 33.5. The lowest BCUT2D eigenvalue weighted by Crippen LogP contribution is -2.36. The first-order valence-corrected chi connectivity index (χ1v) is 11.8. The van der Waals surface area contributed by atoms with Crippen LogP contribution in [0.4, 0.5) is 5.82 Å². The summed E-state index contributed by atoms with van der Waals surface area (Å²) in [6.45, 7) is 5.35. The fourth-order valence-corrected chi connectivity index (χ4v) is 4.27. The highest BCUT2D eigenvalue weighted by Gasteiger charge is 2.30. The highest BCUT2D eigenvalue weighted by molar-refractivity contribution is 7.89.